The number of rotatable bonds is 4. The minimum absolute atomic E-state index is 0.164. The first-order valence-electron chi connectivity index (χ1n) is 5.76. The summed E-state index contributed by atoms with van der Waals surface area (Å²) < 4.78 is 5.36. The molecule has 0 amide bonds. The smallest absolute Gasteiger partial charge is 0.308 e. The molecule has 0 fully saturated rings. The summed E-state index contributed by atoms with van der Waals surface area (Å²) in [6.07, 6.45) is -0.164. The molecule has 0 aliphatic rings. The van der Waals surface area contributed by atoms with E-state index in [4.69, 9.17) is 21.4 Å². The molecule has 0 aromatic heterocycles. The Labute approximate surface area is 116 Å². The lowest BCUT2D eigenvalue weighted by Crippen LogP contribution is -2.04. The third-order valence-electron chi connectivity index (χ3n) is 2.82. The zero-order valence-electron chi connectivity index (χ0n) is 10.4. The molecule has 2 aromatic rings. The van der Waals surface area contributed by atoms with Crippen LogP contribution in [-0.4, -0.2) is 18.2 Å². The van der Waals surface area contributed by atoms with Gasteiger partial charge in [0, 0.05) is 16.1 Å². The van der Waals surface area contributed by atoms with Gasteiger partial charge in [-0.3, -0.25) is 4.79 Å². The van der Waals surface area contributed by atoms with E-state index in [0.29, 0.717) is 16.3 Å². The zero-order chi connectivity index (χ0) is 13.8. The Balaban J connectivity index is 2.60. The third-order valence-corrected chi connectivity index (χ3v) is 3.17. The van der Waals surface area contributed by atoms with Gasteiger partial charge in [-0.05, 0) is 17.7 Å². The first-order valence-corrected chi connectivity index (χ1v) is 6.14. The van der Waals surface area contributed by atoms with Crippen molar-refractivity contribution < 1.29 is 14.6 Å². The number of carboxylic acids is 1. The van der Waals surface area contributed by atoms with E-state index in [1.807, 2.05) is 36.4 Å². The number of benzene rings is 2. The molecule has 98 valence electrons. The highest BCUT2D eigenvalue weighted by Gasteiger charge is 2.16. The molecular formula is C15H13ClO3. The standard InChI is InChI=1S/C15H13ClO3/c1-19-15-11(10-5-3-2-4-6-10)7-8-13(16)12(15)9-14(17)18/h2-8H,9H2,1H3,(H,17,18). The van der Waals surface area contributed by atoms with Crippen molar-refractivity contribution in [2.24, 2.45) is 0 Å². The predicted molar refractivity (Wildman–Crippen MR) is 74.8 cm³/mol. The third kappa shape index (κ3) is 2.88. The highest BCUT2D eigenvalue weighted by Crippen LogP contribution is 2.37. The Kier molecular flexibility index (Phi) is 4.07. The lowest BCUT2D eigenvalue weighted by molar-refractivity contribution is -0.136. The monoisotopic (exact) mass is 276 g/mol. The number of ether oxygens (including phenoxy) is 1. The van der Waals surface area contributed by atoms with Crippen molar-refractivity contribution in [2.75, 3.05) is 7.11 Å². The van der Waals surface area contributed by atoms with Gasteiger partial charge in [-0.15, -0.1) is 0 Å². The minimum atomic E-state index is -0.939. The molecule has 0 saturated heterocycles. The molecule has 0 unspecified atom stereocenters. The van der Waals surface area contributed by atoms with Gasteiger partial charge in [0.25, 0.3) is 0 Å². The van der Waals surface area contributed by atoms with E-state index in [-0.39, 0.29) is 6.42 Å². The van der Waals surface area contributed by atoms with Gasteiger partial charge in [-0.25, -0.2) is 0 Å². The van der Waals surface area contributed by atoms with Crippen molar-refractivity contribution in [1.82, 2.24) is 0 Å². The maximum absolute atomic E-state index is 10.9. The maximum Gasteiger partial charge on any atom is 0.308 e. The average Bonchev–Trinajstić information content (AvgIpc) is 2.41. The maximum atomic E-state index is 10.9. The lowest BCUT2D eigenvalue weighted by Gasteiger charge is -2.14. The Morgan fingerprint density at radius 1 is 1.21 bits per heavy atom. The number of carboxylic acid groups (broad SMARTS) is 1. The molecule has 2 aromatic carbocycles. The summed E-state index contributed by atoms with van der Waals surface area (Å²) in [5.74, 6) is -0.425. The Bertz CT molecular complexity index is 594. The van der Waals surface area contributed by atoms with Gasteiger partial charge in [0.05, 0.1) is 13.5 Å². The van der Waals surface area contributed by atoms with Crippen LogP contribution in [0.15, 0.2) is 42.5 Å². The SMILES string of the molecule is COc1c(-c2ccccc2)ccc(Cl)c1CC(=O)O. The molecule has 3 nitrogen and oxygen atoms in total. The van der Waals surface area contributed by atoms with Crippen molar-refractivity contribution in [2.45, 2.75) is 6.42 Å². The molecule has 0 aliphatic carbocycles. The summed E-state index contributed by atoms with van der Waals surface area (Å²) in [7, 11) is 1.52. The van der Waals surface area contributed by atoms with Crippen molar-refractivity contribution in [3.05, 3.63) is 53.1 Å². The molecule has 19 heavy (non-hydrogen) atoms. The zero-order valence-corrected chi connectivity index (χ0v) is 11.1. The second kappa shape index (κ2) is 5.76. The first-order chi connectivity index (χ1) is 9.13. The second-order valence-corrected chi connectivity index (χ2v) is 4.45. The largest absolute Gasteiger partial charge is 0.496 e. The topological polar surface area (TPSA) is 46.5 Å². The molecule has 0 saturated carbocycles. The van der Waals surface area contributed by atoms with E-state index in [9.17, 15) is 4.79 Å². The van der Waals surface area contributed by atoms with Crippen LogP contribution in [0, 0.1) is 0 Å². The molecule has 0 spiro atoms. The van der Waals surface area contributed by atoms with Gasteiger partial charge in [0.2, 0.25) is 0 Å². The van der Waals surface area contributed by atoms with Crippen LogP contribution in [0.1, 0.15) is 5.56 Å². The molecule has 2 rings (SSSR count). The number of halogens is 1. The van der Waals surface area contributed by atoms with E-state index in [1.165, 1.54) is 7.11 Å². The van der Waals surface area contributed by atoms with Crippen LogP contribution < -0.4 is 4.74 Å². The van der Waals surface area contributed by atoms with Crippen molar-refractivity contribution >= 4 is 17.6 Å². The van der Waals surface area contributed by atoms with Gasteiger partial charge in [0.1, 0.15) is 5.75 Å². The summed E-state index contributed by atoms with van der Waals surface area (Å²) in [5, 5.41) is 9.36. The minimum Gasteiger partial charge on any atom is -0.496 e. The summed E-state index contributed by atoms with van der Waals surface area (Å²) >= 11 is 6.07. The van der Waals surface area contributed by atoms with Crippen LogP contribution in [-0.2, 0) is 11.2 Å². The van der Waals surface area contributed by atoms with E-state index >= 15 is 0 Å². The molecule has 0 bridgehead atoms. The fourth-order valence-electron chi connectivity index (χ4n) is 2.00. The normalized spacial score (nSPS) is 10.2. The average molecular weight is 277 g/mol. The molecule has 0 aliphatic heterocycles. The summed E-state index contributed by atoms with van der Waals surface area (Å²) in [5.41, 5.74) is 2.30. The second-order valence-electron chi connectivity index (χ2n) is 4.04. The Morgan fingerprint density at radius 2 is 1.89 bits per heavy atom. The van der Waals surface area contributed by atoms with E-state index in [1.54, 1.807) is 6.07 Å². The van der Waals surface area contributed by atoms with Gasteiger partial charge >= 0.3 is 5.97 Å². The summed E-state index contributed by atoms with van der Waals surface area (Å²) in [6, 6.07) is 13.2. The Hall–Kier alpha value is -2.00. The number of hydrogen-bond acceptors (Lipinski definition) is 2. The number of carbonyl (C=O) groups is 1. The number of hydrogen-bond donors (Lipinski definition) is 1. The summed E-state index contributed by atoms with van der Waals surface area (Å²) in [4.78, 5) is 10.9. The van der Waals surface area contributed by atoms with E-state index in [2.05, 4.69) is 0 Å². The first kappa shape index (κ1) is 13.4. The highest BCUT2D eigenvalue weighted by molar-refractivity contribution is 6.32. The van der Waals surface area contributed by atoms with Gasteiger partial charge in [-0.2, -0.15) is 0 Å². The van der Waals surface area contributed by atoms with Crippen LogP contribution in [0.3, 0.4) is 0 Å². The lowest BCUT2D eigenvalue weighted by atomic mass is 10.00. The quantitative estimate of drug-likeness (QED) is 0.927. The van der Waals surface area contributed by atoms with Gasteiger partial charge in [-0.1, -0.05) is 41.9 Å². The van der Waals surface area contributed by atoms with Crippen LogP contribution in [0.25, 0.3) is 11.1 Å². The highest BCUT2D eigenvalue weighted by atomic mass is 35.5. The van der Waals surface area contributed by atoms with Gasteiger partial charge < -0.3 is 9.84 Å². The predicted octanol–water partition coefficient (Wildman–Crippen LogP) is 3.64. The molecule has 4 heteroatoms. The Morgan fingerprint density at radius 3 is 2.47 bits per heavy atom. The molecule has 0 heterocycles. The van der Waals surface area contributed by atoms with Crippen molar-refractivity contribution in [3.8, 4) is 16.9 Å². The molecule has 0 radical (unpaired) electrons. The van der Waals surface area contributed by atoms with E-state index in [0.717, 1.165) is 11.1 Å². The fourth-order valence-corrected chi connectivity index (χ4v) is 2.21. The van der Waals surface area contributed by atoms with E-state index < -0.39 is 5.97 Å². The fraction of sp³-hybridized carbons (Fsp3) is 0.133. The van der Waals surface area contributed by atoms with Crippen LogP contribution in [0.4, 0.5) is 0 Å². The van der Waals surface area contributed by atoms with Crippen LogP contribution >= 0.6 is 11.6 Å². The molecule has 0 atom stereocenters. The van der Waals surface area contributed by atoms with Crippen LogP contribution in [0.5, 0.6) is 5.75 Å². The number of aliphatic carboxylic acids is 1. The van der Waals surface area contributed by atoms with Crippen LogP contribution in [0.2, 0.25) is 5.02 Å². The van der Waals surface area contributed by atoms with Crippen molar-refractivity contribution in [1.29, 1.82) is 0 Å². The van der Waals surface area contributed by atoms with Crippen molar-refractivity contribution in [3.63, 3.8) is 0 Å². The molecular weight excluding hydrogens is 264 g/mol. The number of methoxy groups -OCH3 is 1. The summed E-state index contributed by atoms with van der Waals surface area (Å²) in [6.45, 7) is 0. The van der Waals surface area contributed by atoms with Gasteiger partial charge in [0.15, 0.2) is 0 Å². The molecule has 1 N–H and O–H groups in total.